The third kappa shape index (κ3) is 5.05. The summed E-state index contributed by atoms with van der Waals surface area (Å²) in [5.41, 5.74) is 0.796. The zero-order valence-electron chi connectivity index (χ0n) is 12.0. The minimum absolute atomic E-state index is 0.0687. The van der Waals surface area contributed by atoms with E-state index in [4.69, 9.17) is 0 Å². The fourth-order valence-electron chi connectivity index (χ4n) is 1.86. The molecule has 0 radical (unpaired) electrons. The molecule has 1 aromatic carbocycles. The standard InChI is InChI=1S/C15H13IN4OS2/c16-10-3-5-11(6-4-10)17-14(21)9-23-15-18-13(19-20-15)8-12-2-1-7-22-12/h1-7H,8-9H2,(H,17,21)(H,18,19,20). The molecule has 3 aromatic rings. The molecule has 8 heteroatoms. The number of hydrogen-bond acceptors (Lipinski definition) is 5. The van der Waals surface area contributed by atoms with Gasteiger partial charge in [0.1, 0.15) is 5.82 Å². The minimum Gasteiger partial charge on any atom is -0.325 e. The first kappa shape index (κ1) is 16.5. The van der Waals surface area contributed by atoms with E-state index in [-0.39, 0.29) is 11.7 Å². The van der Waals surface area contributed by atoms with Gasteiger partial charge in [0, 0.05) is 20.6 Å². The molecule has 0 bridgehead atoms. The quantitative estimate of drug-likeness (QED) is 0.438. The molecule has 0 aliphatic rings. The normalized spacial score (nSPS) is 10.7. The number of thiophene rings is 1. The Morgan fingerprint density at radius 3 is 2.87 bits per heavy atom. The first-order valence-corrected chi connectivity index (χ1v) is 9.75. The van der Waals surface area contributed by atoms with Crippen LogP contribution in [0, 0.1) is 3.57 Å². The Morgan fingerprint density at radius 1 is 1.30 bits per heavy atom. The van der Waals surface area contributed by atoms with Crippen molar-refractivity contribution >= 4 is 57.3 Å². The van der Waals surface area contributed by atoms with Crippen LogP contribution < -0.4 is 5.32 Å². The Morgan fingerprint density at radius 2 is 2.13 bits per heavy atom. The number of benzene rings is 1. The second kappa shape index (κ2) is 7.93. The molecule has 0 fully saturated rings. The van der Waals surface area contributed by atoms with Crippen LogP contribution in [-0.4, -0.2) is 26.8 Å². The third-order valence-electron chi connectivity index (χ3n) is 2.89. The molecule has 0 aliphatic heterocycles. The Hall–Kier alpha value is -1.39. The maximum Gasteiger partial charge on any atom is 0.234 e. The summed E-state index contributed by atoms with van der Waals surface area (Å²) >= 11 is 5.24. The van der Waals surface area contributed by atoms with E-state index in [1.54, 1.807) is 11.3 Å². The average molecular weight is 456 g/mol. The summed E-state index contributed by atoms with van der Waals surface area (Å²) in [6.07, 6.45) is 0.736. The van der Waals surface area contributed by atoms with Gasteiger partial charge < -0.3 is 5.32 Å². The largest absolute Gasteiger partial charge is 0.325 e. The number of hydrogen-bond donors (Lipinski definition) is 2. The van der Waals surface area contributed by atoms with Gasteiger partial charge in [-0.1, -0.05) is 17.8 Å². The Kier molecular flexibility index (Phi) is 5.68. The Labute approximate surface area is 155 Å². The monoisotopic (exact) mass is 456 g/mol. The lowest BCUT2D eigenvalue weighted by Crippen LogP contribution is -2.14. The van der Waals surface area contributed by atoms with Crippen molar-refractivity contribution < 1.29 is 4.79 Å². The van der Waals surface area contributed by atoms with Gasteiger partial charge in [0.15, 0.2) is 0 Å². The zero-order valence-corrected chi connectivity index (χ0v) is 15.7. The van der Waals surface area contributed by atoms with Gasteiger partial charge in [-0.05, 0) is 58.3 Å². The second-order valence-electron chi connectivity index (χ2n) is 4.66. The fourth-order valence-corrected chi connectivity index (χ4v) is 3.55. The minimum atomic E-state index is -0.0687. The van der Waals surface area contributed by atoms with E-state index in [0.717, 1.165) is 21.5 Å². The van der Waals surface area contributed by atoms with E-state index in [1.165, 1.54) is 16.6 Å². The van der Waals surface area contributed by atoms with Gasteiger partial charge in [-0.2, -0.15) is 0 Å². The lowest BCUT2D eigenvalue weighted by molar-refractivity contribution is -0.113. The molecule has 0 saturated heterocycles. The van der Waals surface area contributed by atoms with Crippen LogP contribution in [0.25, 0.3) is 0 Å². The van der Waals surface area contributed by atoms with Crippen molar-refractivity contribution in [2.24, 2.45) is 0 Å². The number of thioether (sulfide) groups is 1. The number of carbonyl (C=O) groups is 1. The molecule has 23 heavy (non-hydrogen) atoms. The molecule has 118 valence electrons. The maximum absolute atomic E-state index is 11.9. The molecule has 3 rings (SSSR count). The number of amides is 1. The molecule has 5 nitrogen and oxygen atoms in total. The zero-order chi connectivity index (χ0) is 16.1. The van der Waals surface area contributed by atoms with Crippen LogP contribution >= 0.6 is 45.7 Å². The van der Waals surface area contributed by atoms with Crippen molar-refractivity contribution in [3.63, 3.8) is 0 Å². The average Bonchev–Trinajstić information content (AvgIpc) is 3.20. The summed E-state index contributed by atoms with van der Waals surface area (Å²) in [6, 6.07) is 11.8. The molecule has 0 unspecified atom stereocenters. The first-order valence-electron chi connectivity index (χ1n) is 6.81. The first-order chi connectivity index (χ1) is 11.2. The summed E-state index contributed by atoms with van der Waals surface area (Å²) in [4.78, 5) is 17.6. The van der Waals surface area contributed by atoms with E-state index >= 15 is 0 Å². The number of aromatic nitrogens is 3. The van der Waals surface area contributed by atoms with E-state index in [9.17, 15) is 4.79 Å². The molecule has 2 aromatic heterocycles. The number of anilines is 1. The highest BCUT2D eigenvalue weighted by Crippen LogP contribution is 2.17. The van der Waals surface area contributed by atoms with Crippen LogP contribution in [0.5, 0.6) is 0 Å². The molecule has 0 saturated carbocycles. The third-order valence-corrected chi connectivity index (χ3v) is 5.34. The summed E-state index contributed by atoms with van der Waals surface area (Å²) in [5, 5.41) is 12.5. The van der Waals surface area contributed by atoms with Crippen LogP contribution in [0.4, 0.5) is 5.69 Å². The van der Waals surface area contributed by atoms with Crippen LogP contribution in [0.2, 0.25) is 0 Å². The number of rotatable bonds is 6. The SMILES string of the molecule is O=C(CSc1n[nH]c(Cc2cccs2)n1)Nc1ccc(I)cc1. The number of nitrogens with one attached hydrogen (secondary N) is 2. The maximum atomic E-state index is 11.9. The molecule has 2 N–H and O–H groups in total. The lowest BCUT2D eigenvalue weighted by Gasteiger charge is -2.03. The molecule has 2 heterocycles. The number of carbonyl (C=O) groups excluding carboxylic acids is 1. The topological polar surface area (TPSA) is 70.7 Å². The summed E-state index contributed by atoms with van der Waals surface area (Å²) in [5.74, 6) is 1.02. The van der Waals surface area contributed by atoms with Crippen molar-refractivity contribution in [1.29, 1.82) is 0 Å². The number of H-pyrrole nitrogens is 1. The summed E-state index contributed by atoms with van der Waals surface area (Å²) in [6.45, 7) is 0. The summed E-state index contributed by atoms with van der Waals surface area (Å²) < 4.78 is 1.13. The molecular weight excluding hydrogens is 443 g/mol. The smallest absolute Gasteiger partial charge is 0.234 e. The molecular formula is C15H13IN4OS2. The summed E-state index contributed by atoms with van der Waals surface area (Å²) in [7, 11) is 0. The lowest BCUT2D eigenvalue weighted by atomic mass is 10.3. The molecule has 1 amide bonds. The number of aromatic amines is 1. The second-order valence-corrected chi connectivity index (χ2v) is 7.88. The van der Waals surface area contributed by atoms with Gasteiger partial charge >= 0.3 is 0 Å². The van der Waals surface area contributed by atoms with Gasteiger partial charge in [-0.3, -0.25) is 9.89 Å². The fraction of sp³-hybridized carbons (Fsp3) is 0.133. The highest BCUT2D eigenvalue weighted by Gasteiger charge is 2.09. The highest BCUT2D eigenvalue weighted by molar-refractivity contribution is 14.1. The van der Waals surface area contributed by atoms with Crippen molar-refractivity contribution in [3.05, 3.63) is 56.0 Å². The van der Waals surface area contributed by atoms with Gasteiger partial charge in [0.25, 0.3) is 0 Å². The van der Waals surface area contributed by atoms with Crippen LogP contribution in [0.1, 0.15) is 10.7 Å². The van der Waals surface area contributed by atoms with Crippen LogP contribution in [0.15, 0.2) is 46.9 Å². The van der Waals surface area contributed by atoms with Crippen molar-refractivity contribution in [1.82, 2.24) is 15.2 Å². The predicted octanol–water partition coefficient (Wildman–Crippen LogP) is 3.79. The van der Waals surface area contributed by atoms with Gasteiger partial charge in [0.2, 0.25) is 11.1 Å². The molecule has 0 aliphatic carbocycles. The highest BCUT2D eigenvalue weighted by atomic mass is 127. The van der Waals surface area contributed by atoms with E-state index < -0.39 is 0 Å². The van der Waals surface area contributed by atoms with Gasteiger partial charge in [-0.25, -0.2) is 4.98 Å². The van der Waals surface area contributed by atoms with Crippen molar-refractivity contribution in [2.45, 2.75) is 11.6 Å². The number of halogens is 1. The van der Waals surface area contributed by atoms with Crippen molar-refractivity contribution in [3.8, 4) is 0 Å². The van der Waals surface area contributed by atoms with E-state index in [1.807, 2.05) is 35.7 Å². The van der Waals surface area contributed by atoms with E-state index in [0.29, 0.717) is 5.16 Å². The van der Waals surface area contributed by atoms with Gasteiger partial charge in [0.05, 0.1) is 5.75 Å². The van der Waals surface area contributed by atoms with E-state index in [2.05, 4.69) is 49.2 Å². The Bertz CT molecular complexity index is 771. The van der Waals surface area contributed by atoms with Crippen LogP contribution in [0.3, 0.4) is 0 Å². The van der Waals surface area contributed by atoms with Gasteiger partial charge in [-0.15, -0.1) is 16.4 Å². The molecule has 0 atom stereocenters. The predicted molar refractivity (Wildman–Crippen MR) is 102 cm³/mol. The van der Waals surface area contributed by atoms with Crippen molar-refractivity contribution in [2.75, 3.05) is 11.1 Å². The number of nitrogens with zero attached hydrogens (tertiary/aromatic N) is 2. The van der Waals surface area contributed by atoms with Crippen LogP contribution in [-0.2, 0) is 11.2 Å². The molecule has 0 spiro atoms. The Balaban J connectivity index is 1.49.